The van der Waals surface area contributed by atoms with E-state index in [2.05, 4.69) is 34.1 Å². The maximum atomic E-state index is 5.43. The van der Waals surface area contributed by atoms with Crippen molar-refractivity contribution in [2.45, 2.75) is 6.54 Å². The van der Waals surface area contributed by atoms with Crippen molar-refractivity contribution in [3.8, 4) is 56.9 Å². The van der Waals surface area contributed by atoms with Crippen LogP contribution < -0.4 is 24.3 Å². The number of ether oxygens (including phenoxy) is 4. The number of methoxy groups -OCH3 is 4. The van der Waals surface area contributed by atoms with E-state index in [9.17, 15) is 0 Å². The van der Waals surface area contributed by atoms with Crippen LogP contribution in [-0.4, -0.2) is 45.1 Å². The minimum absolute atomic E-state index is 0.489. The molecule has 8 nitrogen and oxygen atoms in total. The molecule has 0 saturated carbocycles. The zero-order valence-corrected chi connectivity index (χ0v) is 28.0. The van der Waals surface area contributed by atoms with Gasteiger partial charge in [-0.05, 0) is 109 Å². The molecule has 2 N–H and O–H groups in total. The quantitative estimate of drug-likeness (QED) is 0.0960. The highest BCUT2D eigenvalue weighted by atomic mass is 16.5. The second-order valence-corrected chi connectivity index (χ2v) is 11.1. The van der Waals surface area contributed by atoms with E-state index < -0.39 is 0 Å². The number of hydrogen-bond donors (Lipinski definition) is 2. The van der Waals surface area contributed by atoms with Gasteiger partial charge in [-0.2, -0.15) is 0 Å². The monoisotopic (exact) mass is 650 g/mol. The molecule has 0 fully saturated rings. The molecule has 0 unspecified atom stereocenters. The second-order valence-electron chi connectivity index (χ2n) is 11.1. The van der Waals surface area contributed by atoms with Crippen LogP contribution in [0.5, 0.6) is 23.0 Å². The molecule has 8 heteroatoms. The van der Waals surface area contributed by atoms with Gasteiger partial charge in [0.1, 0.15) is 28.8 Å². The number of benzene rings is 5. The van der Waals surface area contributed by atoms with E-state index in [0.717, 1.165) is 79.3 Å². The summed E-state index contributed by atoms with van der Waals surface area (Å²) in [5.41, 5.74) is 9.10. The highest BCUT2D eigenvalue weighted by Gasteiger charge is 2.19. The lowest BCUT2D eigenvalue weighted by atomic mass is 10.0. The fraction of sp³-hybridized carbons (Fsp3) is 0.122. The summed E-state index contributed by atoms with van der Waals surface area (Å²) in [6.45, 7) is 4.43. The van der Waals surface area contributed by atoms with Gasteiger partial charge in [-0.3, -0.25) is 4.99 Å². The van der Waals surface area contributed by atoms with Crippen LogP contribution in [0, 0.1) is 0 Å². The van der Waals surface area contributed by atoms with Crippen LogP contribution in [0.25, 0.3) is 45.3 Å². The van der Waals surface area contributed by atoms with Crippen molar-refractivity contribution in [2.24, 2.45) is 4.99 Å². The predicted octanol–water partition coefficient (Wildman–Crippen LogP) is 8.76. The maximum absolute atomic E-state index is 5.43. The Morgan fingerprint density at radius 1 is 0.633 bits per heavy atom. The first kappa shape index (κ1) is 32.7. The summed E-state index contributed by atoms with van der Waals surface area (Å²) in [6.07, 6.45) is 0. The molecule has 0 radical (unpaired) electrons. The van der Waals surface area contributed by atoms with Crippen LogP contribution in [0.3, 0.4) is 0 Å². The van der Waals surface area contributed by atoms with E-state index in [-0.39, 0.29) is 0 Å². The molecule has 0 aliphatic heterocycles. The number of H-pyrrole nitrogens is 1. The van der Waals surface area contributed by atoms with Gasteiger partial charge in [0.25, 0.3) is 0 Å². The summed E-state index contributed by atoms with van der Waals surface area (Å²) in [5, 5.41) is 3.69. The lowest BCUT2D eigenvalue weighted by molar-refractivity contribution is 0.414. The van der Waals surface area contributed by atoms with Gasteiger partial charge in [-0.1, -0.05) is 24.3 Å². The standard InChI is InChI=1S/C41H38N4O4/c1-42-37(27-10-18-32(46-2)19-11-27)38(28-12-20-33(47-3)21-13-28)43-26-31-8-6-7-9-36(31)41-44-39(29-14-22-34(48-4)23-15-29)40(45-41)30-16-24-35(49-5)25-17-30/h6-25,43H,1,26H2,2-5H3,(H,44,45)/b38-37-. The Kier molecular flexibility index (Phi) is 10.1. The van der Waals surface area contributed by atoms with Gasteiger partial charge in [-0.15, -0.1) is 0 Å². The number of aromatic nitrogens is 2. The smallest absolute Gasteiger partial charge is 0.138 e. The molecule has 0 bridgehead atoms. The van der Waals surface area contributed by atoms with Gasteiger partial charge < -0.3 is 29.2 Å². The molecule has 6 rings (SSSR count). The van der Waals surface area contributed by atoms with E-state index in [1.54, 1.807) is 28.4 Å². The third-order valence-electron chi connectivity index (χ3n) is 8.31. The summed E-state index contributed by atoms with van der Waals surface area (Å²) >= 11 is 0. The van der Waals surface area contributed by atoms with Crippen molar-refractivity contribution in [1.29, 1.82) is 0 Å². The van der Waals surface area contributed by atoms with Crippen molar-refractivity contribution in [3.05, 3.63) is 138 Å². The highest BCUT2D eigenvalue weighted by molar-refractivity contribution is 5.91. The molecule has 0 amide bonds. The van der Waals surface area contributed by atoms with E-state index >= 15 is 0 Å². The van der Waals surface area contributed by atoms with Gasteiger partial charge in [0.15, 0.2) is 0 Å². The molecule has 0 saturated heterocycles. The van der Waals surface area contributed by atoms with Gasteiger partial charge in [0.2, 0.25) is 0 Å². The molecular formula is C41H38N4O4. The Morgan fingerprint density at radius 3 is 1.65 bits per heavy atom. The minimum atomic E-state index is 0.489. The van der Waals surface area contributed by atoms with Gasteiger partial charge in [-0.25, -0.2) is 4.98 Å². The van der Waals surface area contributed by atoms with Gasteiger partial charge in [0.05, 0.1) is 51.2 Å². The first-order valence-electron chi connectivity index (χ1n) is 15.8. The summed E-state index contributed by atoms with van der Waals surface area (Å²) in [6, 6.07) is 39.8. The Hall–Kier alpha value is -6.28. The second kappa shape index (κ2) is 15.1. The molecule has 0 aliphatic carbocycles. The minimum Gasteiger partial charge on any atom is -0.497 e. The zero-order chi connectivity index (χ0) is 34.2. The first-order valence-corrected chi connectivity index (χ1v) is 15.8. The first-order chi connectivity index (χ1) is 24.0. The Labute approximate surface area is 286 Å². The predicted molar refractivity (Wildman–Crippen MR) is 197 cm³/mol. The number of nitrogens with zero attached hydrogens (tertiary/aromatic N) is 2. The molecule has 1 aromatic heterocycles. The fourth-order valence-corrected chi connectivity index (χ4v) is 5.66. The average molecular weight is 651 g/mol. The van der Waals surface area contributed by atoms with Crippen molar-refractivity contribution >= 4 is 18.1 Å². The molecule has 246 valence electrons. The van der Waals surface area contributed by atoms with Crippen LogP contribution in [0.15, 0.2) is 126 Å². The fourth-order valence-electron chi connectivity index (χ4n) is 5.66. The van der Waals surface area contributed by atoms with E-state index in [1.807, 2.05) is 109 Å². The van der Waals surface area contributed by atoms with Crippen molar-refractivity contribution in [1.82, 2.24) is 15.3 Å². The molecule has 0 spiro atoms. The van der Waals surface area contributed by atoms with Crippen molar-refractivity contribution in [3.63, 3.8) is 0 Å². The van der Waals surface area contributed by atoms with Crippen LogP contribution in [0.4, 0.5) is 0 Å². The summed E-state index contributed by atoms with van der Waals surface area (Å²) in [4.78, 5) is 13.3. The van der Waals surface area contributed by atoms with Gasteiger partial charge >= 0.3 is 0 Å². The summed E-state index contributed by atoms with van der Waals surface area (Å²) in [5.74, 6) is 3.85. The topological polar surface area (TPSA) is 90.0 Å². The molecular weight excluding hydrogens is 612 g/mol. The number of imidazole rings is 1. The lowest BCUT2D eigenvalue weighted by Gasteiger charge is -2.17. The van der Waals surface area contributed by atoms with E-state index in [0.29, 0.717) is 12.2 Å². The molecule has 0 atom stereocenters. The molecule has 6 aromatic rings. The lowest BCUT2D eigenvalue weighted by Crippen LogP contribution is -2.14. The average Bonchev–Trinajstić information content (AvgIpc) is 3.62. The third-order valence-corrected chi connectivity index (χ3v) is 8.31. The SMILES string of the molecule is C=N/C(=C(\NCc1ccccc1-c1nc(-c2ccc(OC)cc2)c(-c2ccc(OC)cc2)[nH]1)c1ccc(OC)cc1)c1ccc(OC)cc1. The highest BCUT2D eigenvalue weighted by Crippen LogP contribution is 2.36. The number of aliphatic imine (C=N–C) groups is 1. The Morgan fingerprint density at radius 2 is 1.12 bits per heavy atom. The Bertz CT molecular complexity index is 1980. The Balaban J connectivity index is 1.41. The number of rotatable bonds is 13. The number of aromatic amines is 1. The third kappa shape index (κ3) is 7.18. The van der Waals surface area contributed by atoms with Crippen LogP contribution in [0.1, 0.15) is 16.7 Å². The number of nitrogens with one attached hydrogen (secondary N) is 2. The van der Waals surface area contributed by atoms with Crippen molar-refractivity contribution < 1.29 is 18.9 Å². The van der Waals surface area contributed by atoms with Crippen LogP contribution in [0.2, 0.25) is 0 Å². The molecule has 5 aromatic carbocycles. The van der Waals surface area contributed by atoms with Crippen LogP contribution >= 0.6 is 0 Å². The van der Waals surface area contributed by atoms with Crippen molar-refractivity contribution in [2.75, 3.05) is 28.4 Å². The van der Waals surface area contributed by atoms with Gasteiger partial charge in [0, 0.05) is 34.4 Å². The summed E-state index contributed by atoms with van der Waals surface area (Å²) < 4.78 is 21.6. The normalized spacial score (nSPS) is 11.3. The molecule has 0 aliphatic rings. The summed E-state index contributed by atoms with van der Waals surface area (Å²) in [7, 11) is 6.63. The van der Waals surface area contributed by atoms with Crippen LogP contribution in [-0.2, 0) is 6.54 Å². The number of hydrogen-bond acceptors (Lipinski definition) is 7. The molecule has 1 heterocycles. The van der Waals surface area contributed by atoms with E-state index in [1.165, 1.54) is 0 Å². The zero-order valence-electron chi connectivity index (χ0n) is 28.0. The molecule has 49 heavy (non-hydrogen) atoms. The van der Waals surface area contributed by atoms with E-state index in [4.69, 9.17) is 23.9 Å². The maximum Gasteiger partial charge on any atom is 0.138 e. The largest absolute Gasteiger partial charge is 0.497 e.